The second-order valence-electron chi connectivity index (χ2n) is 4.07. The minimum absolute atomic E-state index is 0.0117. The van der Waals surface area contributed by atoms with Gasteiger partial charge in [0.25, 0.3) is 5.91 Å². The van der Waals surface area contributed by atoms with E-state index in [0.717, 1.165) is 0 Å². The van der Waals surface area contributed by atoms with E-state index in [1.54, 1.807) is 22.0 Å². The highest BCUT2D eigenvalue weighted by Crippen LogP contribution is 2.06. The summed E-state index contributed by atoms with van der Waals surface area (Å²) in [6, 6.07) is 0. The molecule has 1 amide bonds. The maximum atomic E-state index is 12.1. The third-order valence-electron chi connectivity index (χ3n) is 2.57. The normalized spacial score (nSPS) is 12.2. The molecule has 0 aliphatic rings. The first-order valence-corrected chi connectivity index (χ1v) is 5.93. The zero-order valence-corrected chi connectivity index (χ0v) is 11.2. The number of amides is 1. The molecule has 6 heteroatoms. The van der Waals surface area contributed by atoms with E-state index in [-0.39, 0.29) is 11.8 Å². The molecule has 0 bridgehead atoms. The predicted molar refractivity (Wildman–Crippen MR) is 70.7 cm³/mol. The third kappa shape index (κ3) is 3.52. The monoisotopic (exact) mass is 254 g/mol. The topological polar surface area (TPSA) is 64.2 Å². The highest BCUT2D eigenvalue weighted by molar-refractivity contribution is 7.80. The molecule has 0 spiro atoms. The largest absolute Gasteiger partial charge is 0.393 e. The van der Waals surface area contributed by atoms with Crippen molar-refractivity contribution < 1.29 is 4.79 Å². The molecule has 1 rings (SSSR count). The summed E-state index contributed by atoms with van der Waals surface area (Å²) >= 11 is 4.91. The molecule has 0 fully saturated rings. The van der Waals surface area contributed by atoms with E-state index in [1.165, 1.54) is 0 Å². The molecule has 17 heavy (non-hydrogen) atoms. The molecule has 0 aromatic carbocycles. The molecule has 5 nitrogen and oxygen atoms in total. The van der Waals surface area contributed by atoms with Crippen molar-refractivity contribution in [3.05, 3.63) is 18.2 Å². The van der Waals surface area contributed by atoms with Gasteiger partial charge in [-0.3, -0.25) is 4.79 Å². The quantitative estimate of drug-likeness (QED) is 0.790. The number of aromatic nitrogens is 2. The van der Waals surface area contributed by atoms with Crippen molar-refractivity contribution in [2.45, 2.75) is 13.8 Å². The molecular weight excluding hydrogens is 236 g/mol. The molecule has 1 heterocycles. The van der Waals surface area contributed by atoms with Crippen LogP contribution in [0.3, 0.4) is 0 Å². The van der Waals surface area contributed by atoms with Crippen LogP contribution < -0.4 is 5.73 Å². The van der Waals surface area contributed by atoms with Gasteiger partial charge in [0.15, 0.2) is 0 Å². The van der Waals surface area contributed by atoms with Crippen LogP contribution in [0.5, 0.6) is 0 Å². The molecule has 2 N–H and O–H groups in total. The summed E-state index contributed by atoms with van der Waals surface area (Å²) in [5.74, 6) is -0.0752. The van der Waals surface area contributed by atoms with Gasteiger partial charge in [0.05, 0.1) is 11.3 Å². The van der Waals surface area contributed by atoms with E-state index in [4.69, 9.17) is 18.0 Å². The summed E-state index contributed by atoms with van der Waals surface area (Å²) in [5.41, 5.74) is 6.00. The van der Waals surface area contributed by atoms with Crippen molar-refractivity contribution >= 4 is 23.1 Å². The van der Waals surface area contributed by atoms with E-state index >= 15 is 0 Å². The first kappa shape index (κ1) is 13.6. The number of hydrogen-bond donors (Lipinski definition) is 1. The zero-order chi connectivity index (χ0) is 13.0. The van der Waals surface area contributed by atoms with Crippen LogP contribution in [-0.2, 0) is 7.05 Å². The standard InChI is InChI=1S/C11H18N4OS/c1-4-15(5-8(2)10(12)17)11(16)9-6-14(3)7-13-9/h6-8H,4-5H2,1-3H3,(H2,12,17). The maximum Gasteiger partial charge on any atom is 0.274 e. The summed E-state index contributed by atoms with van der Waals surface area (Å²) in [5, 5.41) is 0. The molecule has 0 saturated carbocycles. The number of carbonyl (C=O) groups excluding carboxylic acids is 1. The van der Waals surface area contributed by atoms with Gasteiger partial charge < -0.3 is 15.2 Å². The van der Waals surface area contributed by atoms with Gasteiger partial charge in [0.1, 0.15) is 5.69 Å². The Kier molecular flexibility index (Phi) is 4.62. The Morgan fingerprint density at radius 1 is 1.71 bits per heavy atom. The van der Waals surface area contributed by atoms with E-state index in [9.17, 15) is 4.79 Å². The lowest BCUT2D eigenvalue weighted by atomic mass is 10.1. The fourth-order valence-electron chi connectivity index (χ4n) is 1.46. The first-order valence-electron chi connectivity index (χ1n) is 5.52. The summed E-state index contributed by atoms with van der Waals surface area (Å²) in [6.45, 7) is 4.98. The van der Waals surface area contributed by atoms with Crippen LogP contribution >= 0.6 is 12.2 Å². The smallest absolute Gasteiger partial charge is 0.274 e. The van der Waals surface area contributed by atoms with E-state index < -0.39 is 0 Å². The number of carbonyl (C=O) groups is 1. The Balaban J connectivity index is 2.74. The Hall–Kier alpha value is -1.43. The van der Waals surface area contributed by atoms with Crippen LogP contribution in [0.15, 0.2) is 12.5 Å². The Labute approximate surface area is 107 Å². The van der Waals surface area contributed by atoms with Crippen molar-refractivity contribution in [3.63, 3.8) is 0 Å². The number of hydrogen-bond acceptors (Lipinski definition) is 3. The van der Waals surface area contributed by atoms with Crippen LogP contribution in [0.4, 0.5) is 0 Å². The summed E-state index contributed by atoms with van der Waals surface area (Å²) in [7, 11) is 1.83. The summed E-state index contributed by atoms with van der Waals surface area (Å²) in [6.07, 6.45) is 3.31. The van der Waals surface area contributed by atoms with Crippen LogP contribution in [0.1, 0.15) is 24.3 Å². The molecule has 0 aliphatic carbocycles. The summed E-state index contributed by atoms with van der Waals surface area (Å²) < 4.78 is 1.75. The average Bonchev–Trinajstić information content (AvgIpc) is 2.71. The number of aryl methyl sites for hydroxylation is 1. The van der Waals surface area contributed by atoms with Crippen LogP contribution in [0.25, 0.3) is 0 Å². The molecule has 0 aliphatic heterocycles. The van der Waals surface area contributed by atoms with Gasteiger partial charge in [-0.05, 0) is 6.92 Å². The van der Waals surface area contributed by atoms with Gasteiger partial charge in [-0.25, -0.2) is 4.98 Å². The minimum atomic E-state index is -0.0869. The number of rotatable bonds is 5. The van der Waals surface area contributed by atoms with Gasteiger partial charge in [0, 0.05) is 32.3 Å². The number of imidazole rings is 1. The van der Waals surface area contributed by atoms with Gasteiger partial charge in [-0.1, -0.05) is 19.1 Å². The third-order valence-corrected chi connectivity index (χ3v) is 2.98. The second-order valence-corrected chi connectivity index (χ2v) is 4.54. The van der Waals surface area contributed by atoms with Crippen molar-refractivity contribution in [1.82, 2.24) is 14.5 Å². The van der Waals surface area contributed by atoms with Crippen LogP contribution in [0.2, 0.25) is 0 Å². The number of thiocarbonyl (C=S) groups is 1. The van der Waals surface area contributed by atoms with Crippen LogP contribution in [-0.4, -0.2) is 38.4 Å². The Morgan fingerprint density at radius 3 is 2.76 bits per heavy atom. The van der Waals surface area contributed by atoms with E-state index in [0.29, 0.717) is 23.8 Å². The number of nitrogens with zero attached hydrogens (tertiary/aromatic N) is 3. The summed E-state index contributed by atoms with van der Waals surface area (Å²) in [4.78, 5) is 18.3. The SMILES string of the molecule is CCN(CC(C)C(N)=S)C(=O)c1cn(C)cn1. The molecule has 0 saturated heterocycles. The minimum Gasteiger partial charge on any atom is -0.393 e. The first-order chi connectivity index (χ1) is 7.95. The van der Waals surface area contributed by atoms with Gasteiger partial charge in [0.2, 0.25) is 0 Å². The fourth-order valence-corrected chi connectivity index (χ4v) is 1.54. The van der Waals surface area contributed by atoms with Crippen molar-refractivity contribution in [2.75, 3.05) is 13.1 Å². The van der Waals surface area contributed by atoms with Gasteiger partial charge in [-0.2, -0.15) is 0 Å². The lowest BCUT2D eigenvalue weighted by Crippen LogP contribution is -2.38. The van der Waals surface area contributed by atoms with Gasteiger partial charge in [-0.15, -0.1) is 0 Å². The average molecular weight is 254 g/mol. The predicted octanol–water partition coefficient (Wildman–Crippen LogP) is 0.804. The molecule has 1 aromatic rings. The molecule has 94 valence electrons. The van der Waals surface area contributed by atoms with Crippen molar-refractivity contribution in [2.24, 2.45) is 18.7 Å². The van der Waals surface area contributed by atoms with Crippen molar-refractivity contribution in [1.29, 1.82) is 0 Å². The van der Waals surface area contributed by atoms with Crippen molar-refractivity contribution in [3.8, 4) is 0 Å². The lowest BCUT2D eigenvalue weighted by molar-refractivity contribution is 0.0749. The maximum absolute atomic E-state index is 12.1. The second kappa shape index (κ2) is 5.77. The van der Waals surface area contributed by atoms with Crippen LogP contribution in [0, 0.1) is 5.92 Å². The molecular formula is C11H18N4OS. The fraction of sp³-hybridized carbons (Fsp3) is 0.545. The van der Waals surface area contributed by atoms with E-state index in [1.807, 2.05) is 20.9 Å². The Morgan fingerprint density at radius 2 is 2.35 bits per heavy atom. The molecule has 1 aromatic heterocycles. The molecule has 1 atom stereocenters. The highest BCUT2D eigenvalue weighted by Gasteiger charge is 2.19. The lowest BCUT2D eigenvalue weighted by Gasteiger charge is -2.23. The number of nitrogens with two attached hydrogens (primary N) is 1. The highest BCUT2D eigenvalue weighted by atomic mass is 32.1. The van der Waals surface area contributed by atoms with Gasteiger partial charge >= 0.3 is 0 Å². The van der Waals surface area contributed by atoms with E-state index in [2.05, 4.69) is 4.98 Å². The molecule has 0 radical (unpaired) electrons. The Bertz CT molecular complexity index is 415. The zero-order valence-electron chi connectivity index (χ0n) is 10.4. The molecule has 1 unspecified atom stereocenters.